The molecular formula is C15H23N3OS. The van der Waals surface area contributed by atoms with E-state index in [0.717, 1.165) is 23.1 Å². The summed E-state index contributed by atoms with van der Waals surface area (Å²) in [4.78, 5) is 11.2. The van der Waals surface area contributed by atoms with Gasteiger partial charge in [-0.3, -0.25) is 0 Å². The Kier molecular flexibility index (Phi) is 4.48. The van der Waals surface area contributed by atoms with Crippen LogP contribution in [0.1, 0.15) is 39.0 Å². The third-order valence-electron chi connectivity index (χ3n) is 3.07. The first-order valence-electron chi connectivity index (χ1n) is 7.04. The van der Waals surface area contributed by atoms with Crippen molar-refractivity contribution >= 4 is 27.5 Å². The molecule has 0 atom stereocenters. The Hall–Kier alpha value is -1.36. The lowest BCUT2D eigenvalue weighted by Crippen LogP contribution is -2.12. The summed E-state index contributed by atoms with van der Waals surface area (Å²) in [5.41, 5.74) is 0.265. The van der Waals surface area contributed by atoms with Gasteiger partial charge < -0.3 is 10.1 Å². The van der Waals surface area contributed by atoms with Crippen LogP contribution in [-0.4, -0.2) is 23.6 Å². The molecule has 0 radical (unpaired) electrons. The molecule has 4 nitrogen and oxygen atoms in total. The van der Waals surface area contributed by atoms with Gasteiger partial charge in [0.05, 0.1) is 12.0 Å². The van der Waals surface area contributed by atoms with Crippen molar-refractivity contribution in [3.05, 3.63) is 10.9 Å². The number of anilines is 1. The van der Waals surface area contributed by atoms with Gasteiger partial charge in [0.2, 0.25) is 11.8 Å². The molecule has 0 aliphatic heterocycles. The summed E-state index contributed by atoms with van der Waals surface area (Å²) >= 11 is 1.71. The highest BCUT2D eigenvalue weighted by Crippen LogP contribution is 2.32. The van der Waals surface area contributed by atoms with Crippen molar-refractivity contribution in [3.63, 3.8) is 0 Å². The highest BCUT2D eigenvalue weighted by atomic mass is 32.1. The van der Waals surface area contributed by atoms with Gasteiger partial charge in [-0.2, -0.15) is 4.98 Å². The van der Waals surface area contributed by atoms with Crippen molar-refractivity contribution in [2.24, 2.45) is 5.41 Å². The van der Waals surface area contributed by atoms with E-state index in [1.807, 2.05) is 7.05 Å². The normalized spacial score (nSPS) is 11.8. The summed E-state index contributed by atoms with van der Waals surface area (Å²) in [6.07, 6.45) is 2.01. The van der Waals surface area contributed by atoms with Gasteiger partial charge in [0, 0.05) is 11.9 Å². The molecule has 2 heterocycles. The van der Waals surface area contributed by atoms with E-state index in [4.69, 9.17) is 4.74 Å². The molecule has 0 aliphatic carbocycles. The Morgan fingerprint density at radius 3 is 2.65 bits per heavy atom. The fourth-order valence-corrected chi connectivity index (χ4v) is 2.75. The average molecular weight is 293 g/mol. The maximum absolute atomic E-state index is 5.91. The minimum Gasteiger partial charge on any atom is -0.477 e. The first kappa shape index (κ1) is 15.0. The lowest BCUT2D eigenvalue weighted by atomic mass is 9.93. The molecule has 2 rings (SSSR count). The van der Waals surface area contributed by atoms with Gasteiger partial charge in [-0.15, -0.1) is 11.3 Å². The molecule has 0 unspecified atom stereocenters. The second kappa shape index (κ2) is 5.95. The van der Waals surface area contributed by atoms with E-state index in [-0.39, 0.29) is 5.41 Å². The molecule has 2 aromatic heterocycles. The van der Waals surface area contributed by atoms with Crippen LogP contribution in [0.5, 0.6) is 5.88 Å². The first-order chi connectivity index (χ1) is 9.43. The lowest BCUT2D eigenvalue weighted by molar-refractivity contribution is 0.239. The lowest BCUT2D eigenvalue weighted by Gasteiger charge is -2.18. The van der Waals surface area contributed by atoms with E-state index < -0.39 is 0 Å². The van der Waals surface area contributed by atoms with E-state index in [9.17, 15) is 0 Å². The van der Waals surface area contributed by atoms with Gasteiger partial charge in [0.1, 0.15) is 4.83 Å². The number of fused-ring (bicyclic) bond motifs is 1. The van der Waals surface area contributed by atoms with Crippen LogP contribution < -0.4 is 10.1 Å². The molecule has 5 heteroatoms. The molecule has 0 saturated heterocycles. The number of thiophene rings is 1. The molecule has 2 aromatic rings. The van der Waals surface area contributed by atoms with Gasteiger partial charge in [0.25, 0.3) is 0 Å². The standard InChI is InChI=1S/C15H23N3OS/c1-6-10-9-11-12(19-8-7-15(2,3)4)17-14(16-5)18-13(11)20-10/h9H,6-8H2,1-5H3,(H,16,17,18). The quantitative estimate of drug-likeness (QED) is 0.901. The monoisotopic (exact) mass is 293 g/mol. The van der Waals surface area contributed by atoms with Crippen LogP contribution in [-0.2, 0) is 6.42 Å². The van der Waals surface area contributed by atoms with Gasteiger partial charge in [0.15, 0.2) is 0 Å². The maximum atomic E-state index is 5.91. The number of nitrogens with zero attached hydrogens (tertiary/aromatic N) is 2. The van der Waals surface area contributed by atoms with E-state index in [1.54, 1.807) is 11.3 Å². The highest BCUT2D eigenvalue weighted by Gasteiger charge is 2.14. The number of rotatable bonds is 5. The van der Waals surface area contributed by atoms with Crippen LogP contribution in [0.25, 0.3) is 10.2 Å². The van der Waals surface area contributed by atoms with Crippen molar-refractivity contribution in [1.82, 2.24) is 9.97 Å². The second-order valence-electron chi connectivity index (χ2n) is 6.05. The summed E-state index contributed by atoms with van der Waals surface area (Å²) in [6.45, 7) is 9.47. The molecule has 0 fully saturated rings. The van der Waals surface area contributed by atoms with Gasteiger partial charge in [-0.05, 0) is 24.3 Å². The van der Waals surface area contributed by atoms with E-state index in [1.165, 1.54) is 4.88 Å². The van der Waals surface area contributed by atoms with Crippen molar-refractivity contribution in [1.29, 1.82) is 0 Å². The molecular weight excluding hydrogens is 270 g/mol. The van der Waals surface area contributed by atoms with Gasteiger partial charge >= 0.3 is 0 Å². The molecule has 1 N–H and O–H groups in total. The number of hydrogen-bond donors (Lipinski definition) is 1. The fourth-order valence-electron chi connectivity index (χ4n) is 1.80. The number of aryl methyl sites for hydroxylation is 1. The smallest absolute Gasteiger partial charge is 0.227 e. The summed E-state index contributed by atoms with van der Waals surface area (Å²) in [7, 11) is 1.83. The largest absolute Gasteiger partial charge is 0.477 e. The molecule has 0 spiro atoms. The molecule has 0 aromatic carbocycles. The van der Waals surface area contributed by atoms with Crippen LogP contribution in [0.2, 0.25) is 0 Å². The topological polar surface area (TPSA) is 47.0 Å². The van der Waals surface area contributed by atoms with Crippen molar-refractivity contribution in [3.8, 4) is 5.88 Å². The van der Waals surface area contributed by atoms with E-state index in [2.05, 4.69) is 49.0 Å². The minimum absolute atomic E-state index is 0.265. The predicted octanol–water partition coefficient (Wildman–Crippen LogP) is 4.11. The minimum atomic E-state index is 0.265. The molecule has 110 valence electrons. The van der Waals surface area contributed by atoms with Crippen molar-refractivity contribution in [2.45, 2.75) is 40.5 Å². The zero-order chi connectivity index (χ0) is 14.8. The van der Waals surface area contributed by atoms with E-state index >= 15 is 0 Å². The Morgan fingerprint density at radius 2 is 2.05 bits per heavy atom. The Bertz CT molecular complexity index is 587. The average Bonchev–Trinajstić information content (AvgIpc) is 2.80. The summed E-state index contributed by atoms with van der Waals surface area (Å²) in [5.74, 6) is 1.31. The third kappa shape index (κ3) is 3.60. The summed E-state index contributed by atoms with van der Waals surface area (Å²) in [6, 6.07) is 2.14. The van der Waals surface area contributed by atoms with Crippen molar-refractivity contribution < 1.29 is 4.74 Å². The number of aromatic nitrogens is 2. The predicted molar refractivity (Wildman–Crippen MR) is 85.9 cm³/mol. The van der Waals surface area contributed by atoms with Gasteiger partial charge in [-0.1, -0.05) is 27.7 Å². The van der Waals surface area contributed by atoms with Gasteiger partial charge in [-0.25, -0.2) is 4.98 Å². The molecule has 0 aliphatic rings. The number of ether oxygens (including phenoxy) is 1. The van der Waals surface area contributed by atoms with Crippen LogP contribution in [0, 0.1) is 5.41 Å². The molecule has 0 saturated carbocycles. The summed E-state index contributed by atoms with van der Waals surface area (Å²) in [5, 5.41) is 4.03. The Morgan fingerprint density at radius 1 is 1.30 bits per heavy atom. The van der Waals surface area contributed by atoms with Crippen LogP contribution in [0.15, 0.2) is 6.07 Å². The summed E-state index contributed by atoms with van der Waals surface area (Å²) < 4.78 is 5.91. The van der Waals surface area contributed by atoms with Crippen LogP contribution >= 0.6 is 11.3 Å². The highest BCUT2D eigenvalue weighted by molar-refractivity contribution is 7.18. The number of hydrogen-bond acceptors (Lipinski definition) is 5. The first-order valence-corrected chi connectivity index (χ1v) is 7.85. The van der Waals surface area contributed by atoms with Crippen molar-refractivity contribution in [2.75, 3.05) is 19.0 Å². The SMILES string of the molecule is CCc1cc2c(OCCC(C)(C)C)nc(NC)nc2s1. The molecule has 0 amide bonds. The molecule has 0 bridgehead atoms. The fraction of sp³-hybridized carbons (Fsp3) is 0.600. The maximum Gasteiger partial charge on any atom is 0.227 e. The third-order valence-corrected chi connectivity index (χ3v) is 4.24. The Balaban J connectivity index is 2.27. The number of nitrogens with one attached hydrogen (secondary N) is 1. The Labute approximate surface area is 124 Å². The zero-order valence-corrected chi connectivity index (χ0v) is 13.7. The van der Waals surface area contributed by atoms with Crippen LogP contribution in [0.3, 0.4) is 0 Å². The zero-order valence-electron chi connectivity index (χ0n) is 12.9. The molecule has 20 heavy (non-hydrogen) atoms. The second-order valence-corrected chi connectivity index (χ2v) is 7.16. The van der Waals surface area contributed by atoms with E-state index in [0.29, 0.717) is 18.4 Å². The van der Waals surface area contributed by atoms with Crippen LogP contribution in [0.4, 0.5) is 5.95 Å².